The van der Waals surface area contributed by atoms with Crippen LogP contribution in [0.25, 0.3) is 0 Å². The Morgan fingerprint density at radius 3 is 2.27 bits per heavy atom. The summed E-state index contributed by atoms with van der Waals surface area (Å²) in [6.07, 6.45) is 2.17. The number of ketones is 1. The Labute approximate surface area is 217 Å². The van der Waals surface area contributed by atoms with E-state index in [4.69, 9.17) is 4.74 Å². The summed E-state index contributed by atoms with van der Waals surface area (Å²) in [5.74, 6) is -2.50. The maximum atomic E-state index is 13.8. The molecule has 1 heterocycles. The number of Topliss-reactive ketones (excluding diaryl/α,β-unsaturated/α-hetero) is 1. The number of nitrogens with zero attached hydrogens (tertiary/aromatic N) is 1. The van der Waals surface area contributed by atoms with Gasteiger partial charge in [-0.15, -0.1) is 0 Å². The third-order valence-electron chi connectivity index (χ3n) is 7.63. The zero-order chi connectivity index (χ0) is 27.5. The highest BCUT2D eigenvalue weighted by molar-refractivity contribution is 6.38. The molecule has 208 valence electrons. The molecule has 0 spiro atoms. The van der Waals surface area contributed by atoms with E-state index in [1.807, 2.05) is 20.8 Å². The van der Waals surface area contributed by atoms with Gasteiger partial charge >= 0.3 is 6.09 Å². The molecule has 0 radical (unpaired) electrons. The number of ether oxygens (including phenoxy) is 1. The van der Waals surface area contributed by atoms with E-state index in [0.29, 0.717) is 6.54 Å². The average molecular weight is 525 g/mol. The van der Waals surface area contributed by atoms with Gasteiger partial charge in [0.05, 0.1) is 19.3 Å². The van der Waals surface area contributed by atoms with Crippen LogP contribution in [-0.2, 0) is 23.9 Å². The molecule has 0 bridgehead atoms. The molecule has 0 aromatic heterocycles. The second kappa shape index (κ2) is 11.8. The second-order valence-electron chi connectivity index (χ2n) is 11.8. The van der Waals surface area contributed by atoms with Gasteiger partial charge in [0, 0.05) is 12.6 Å². The van der Waals surface area contributed by atoms with Gasteiger partial charge in [-0.25, -0.2) is 9.18 Å². The van der Waals surface area contributed by atoms with Crippen molar-refractivity contribution in [2.75, 3.05) is 13.7 Å². The highest BCUT2D eigenvalue weighted by atomic mass is 19.1. The van der Waals surface area contributed by atoms with E-state index in [1.54, 1.807) is 0 Å². The number of rotatable bonds is 10. The Hall–Kier alpha value is -2.72. The van der Waals surface area contributed by atoms with Crippen molar-refractivity contribution in [2.24, 2.45) is 17.3 Å². The summed E-state index contributed by atoms with van der Waals surface area (Å²) in [6, 6.07) is -3.02. The number of carbonyl (C=O) groups excluding carboxylic acids is 5. The fraction of sp³-hybridized carbons (Fsp3) is 0.808. The molecule has 1 saturated heterocycles. The molecule has 3 N–H and O–H groups in total. The standard InChI is InChI=1S/C26H41FN4O6/c1-14(27)9-12-18(20(32)23(34)28-16-10-11-16)29-22(33)19-17-8-6-7-15(17)13-31(19)24(35)21(26(2,3)4)30-25(36)37-5/h14-19,21H,6-13H2,1-5H3,(H,28,34)(H,29,33)(H,30,36)/t14-,15-,17-,18-,19-,21+/m0/s1. The van der Waals surface area contributed by atoms with Crippen molar-refractivity contribution in [2.45, 2.75) is 103 Å². The summed E-state index contributed by atoms with van der Waals surface area (Å²) in [6.45, 7) is 7.14. The fourth-order valence-electron chi connectivity index (χ4n) is 5.42. The van der Waals surface area contributed by atoms with Crippen LogP contribution >= 0.6 is 0 Å². The molecule has 10 nitrogen and oxygen atoms in total. The monoisotopic (exact) mass is 524 g/mol. The fourth-order valence-corrected chi connectivity index (χ4v) is 5.42. The molecule has 37 heavy (non-hydrogen) atoms. The van der Waals surface area contributed by atoms with E-state index in [9.17, 15) is 28.4 Å². The molecule has 3 rings (SSSR count). The lowest BCUT2D eigenvalue weighted by atomic mass is 9.85. The molecular formula is C26H41FN4O6. The molecule has 2 saturated carbocycles. The molecule has 0 aromatic carbocycles. The normalized spacial score (nSPS) is 25.5. The molecular weight excluding hydrogens is 483 g/mol. The van der Waals surface area contributed by atoms with Crippen molar-refractivity contribution in [3.8, 4) is 0 Å². The Kier molecular flexibility index (Phi) is 9.18. The molecule has 0 unspecified atom stereocenters. The van der Waals surface area contributed by atoms with Crippen molar-refractivity contribution in [1.29, 1.82) is 0 Å². The van der Waals surface area contributed by atoms with Crippen molar-refractivity contribution < 1.29 is 33.1 Å². The average Bonchev–Trinajstić information content (AvgIpc) is 3.38. The van der Waals surface area contributed by atoms with Gasteiger partial charge < -0.3 is 25.6 Å². The summed E-state index contributed by atoms with van der Waals surface area (Å²) in [4.78, 5) is 66.3. The summed E-state index contributed by atoms with van der Waals surface area (Å²) in [5.41, 5.74) is -0.666. The number of hydrogen-bond donors (Lipinski definition) is 3. The number of hydrogen-bond acceptors (Lipinski definition) is 6. The van der Waals surface area contributed by atoms with E-state index in [-0.39, 0.29) is 30.7 Å². The Morgan fingerprint density at radius 1 is 1.03 bits per heavy atom. The minimum absolute atomic E-state index is 0.00189. The van der Waals surface area contributed by atoms with Gasteiger partial charge in [0.15, 0.2) is 0 Å². The van der Waals surface area contributed by atoms with Crippen LogP contribution in [-0.4, -0.2) is 78.5 Å². The Morgan fingerprint density at radius 2 is 1.70 bits per heavy atom. The van der Waals surface area contributed by atoms with Crippen LogP contribution in [0.1, 0.15) is 72.6 Å². The minimum atomic E-state index is -1.21. The first-order chi connectivity index (χ1) is 17.3. The second-order valence-corrected chi connectivity index (χ2v) is 11.8. The topological polar surface area (TPSA) is 134 Å². The van der Waals surface area contributed by atoms with Crippen LogP contribution in [0, 0.1) is 17.3 Å². The molecule has 1 aliphatic heterocycles. The predicted molar refractivity (Wildman–Crippen MR) is 133 cm³/mol. The van der Waals surface area contributed by atoms with Crippen LogP contribution in [0.4, 0.5) is 9.18 Å². The number of likely N-dealkylation sites (tertiary alicyclic amines) is 1. The number of nitrogens with one attached hydrogen (secondary N) is 3. The summed E-state index contributed by atoms with van der Waals surface area (Å²) >= 11 is 0. The van der Waals surface area contributed by atoms with Crippen LogP contribution < -0.4 is 16.0 Å². The molecule has 2 aliphatic carbocycles. The van der Waals surface area contributed by atoms with Crippen LogP contribution in [0.15, 0.2) is 0 Å². The van der Waals surface area contributed by atoms with Crippen molar-refractivity contribution in [3.63, 3.8) is 0 Å². The number of alkyl carbamates (subject to hydrolysis) is 1. The van der Waals surface area contributed by atoms with E-state index >= 15 is 0 Å². The lowest BCUT2D eigenvalue weighted by Gasteiger charge is -2.36. The third kappa shape index (κ3) is 7.19. The molecule has 11 heteroatoms. The van der Waals surface area contributed by atoms with E-state index < -0.39 is 59.3 Å². The number of alkyl halides is 1. The molecule has 6 atom stereocenters. The SMILES string of the molecule is COC(=O)N[C@H](C(=O)N1C[C@@H]2CCC[C@@H]2[C@H]1C(=O)N[C@@H](CC[C@H](C)F)C(=O)C(=O)NC1CC1)C(C)(C)C. The molecule has 4 amide bonds. The van der Waals surface area contributed by atoms with Gasteiger partial charge in [0.1, 0.15) is 12.1 Å². The number of fused-ring (bicyclic) bond motifs is 1. The largest absolute Gasteiger partial charge is 0.453 e. The zero-order valence-electron chi connectivity index (χ0n) is 22.5. The van der Waals surface area contributed by atoms with E-state index in [1.165, 1.54) is 18.9 Å². The summed E-state index contributed by atoms with van der Waals surface area (Å²) in [5, 5.41) is 7.93. The van der Waals surface area contributed by atoms with Gasteiger partial charge in [-0.2, -0.15) is 0 Å². The smallest absolute Gasteiger partial charge is 0.407 e. The maximum absolute atomic E-state index is 13.8. The molecule has 0 aromatic rings. The minimum Gasteiger partial charge on any atom is -0.453 e. The number of carbonyl (C=O) groups is 5. The van der Waals surface area contributed by atoms with Crippen molar-refractivity contribution in [3.05, 3.63) is 0 Å². The van der Waals surface area contributed by atoms with Gasteiger partial charge in [0.25, 0.3) is 5.91 Å². The number of amides is 4. The lowest BCUT2D eigenvalue weighted by molar-refractivity contribution is -0.144. The molecule has 3 fully saturated rings. The lowest BCUT2D eigenvalue weighted by Crippen LogP contribution is -2.60. The van der Waals surface area contributed by atoms with Gasteiger partial charge in [-0.3, -0.25) is 19.2 Å². The Bertz CT molecular complexity index is 900. The predicted octanol–water partition coefficient (Wildman–Crippen LogP) is 1.85. The van der Waals surface area contributed by atoms with E-state index in [0.717, 1.165) is 32.1 Å². The maximum Gasteiger partial charge on any atom is 0.407 e. The van der Waals surface area contributed by atoms with Gasteiger partial charge in [-0.05, 0) is 62.7 Å². The van der Waals surface area contributed by atoms with Gasteiger partial charge in [-0.1, -0.05) is 27.2 Å². The van der Waals surface area contributed by atoms with E-state index in [2.05, 4.69) is 16.0 Å². The highest BCUT2D eigenvalue weighted by Gasteiger charge is 2.52. The van der Waals surface area contributed by atoms with Crippen LogP contribution in [0.3, 0.4) is 0 Å². The number of halogens is 1. The summed E-state index contributed by atoms with van der Waals surface area (Å²) in [7, 11) is 1.21. The summed E-state index contributed by atoms with van der Waals surface area (Å²) < 4.78 is 18.4. The molecule has 3 aliphatic rings. The number of methoxy groups -OCH3 is 1. The van der Waals surface area contributed by atoms with Crippen molar-refractivity contribution >= 4 is 29.6 Å². The first kappa shape index (κ1) is 28.8. The quantitative estimate of drug-likeness (QED) is 0.374. The first-order valence-corrected chi connectivity index (χ1v) is 13.3. The van der Waals surface area contributed by atoms with Gasteiger partial charge in [0.2, 0.25) is 17.6 Å². The van der Waals surface area contributed by atoms with Crippen molar-refractivity contribution in [1.82, 2.24) is 20.9 Å². The third-order valence-corrected chi connectivity index (χ3v) is 7.63. The Balaban J connectivity index is 1.82. The highest BCUT2D eigenvalue weighted by Crippen LogP contribution is 2.43. The zero-order valence-corrected chi connectivity index (χ0v) is 22.5. The van der Waals surface area contributed by atoms with Crippen LogP contribution in [0.2, 0.25) is 0 Å². The first-order valence-electron chi connectivity index (χ1n) is 13.3. The van der Waals surface area contributed by atoms with Crippen LogP contribution in [0.5, 0.6) is 0 Å².